The number of hydrogen-bond donors (Lipinski definition) is 0. The summed E-state index contributed by atoms with van der Waals surface area (Å²) in [4.78, 5) is 15.2. The van der Waals surface area contributed by atoms with E-state index < -0.39 is 0 Å². The molecule has 0 saturated heterocycles. The van der Waals surface area contributed by atoms with Crippen LogP contribution in [0.1, 0.15) is 65.4 Å². The van der Waals surface area contributed by atoms with E-state index in [1.165, 1.54) is 6.07 Å². The van der Waals surface area contributed by atoms with Crippen LogP contribution in [0.5, 0.6) is 0 Å². The maximum absolute atomic E-state index is 13.5. The normalized spacial score (nSPS) is 27.7. The fourth-order valence-electron chi connectivity index (χ4n) is 4.46. The van der Waals surface area contributed by atoms with Gasteiger partial charge >= 0.3 is 0 Å². The van der Waals surface area contributed by atoms with Gasteiger partial charge in [0, 0.05) is 17.6 Å². The number of anilines is 1. The first-order chi connectivity index (χ1) is 11.3. The minimum Gasteiger partial charge on any atom is -0.309 e. The van der Waals surface area contributed by atoms with Crippen molar-refractivity contribution in [3.63, 3.8) is 0 Å². The zero-order valence-corrected chi connectivity index (χ0v) is 15.4. The van der Waals surface area contributed by atoms with E-state index in [1.54, 1.807) is 12.1 Å². The van der Waals surface area contributed by atoms with Crippen LogP contribution in [0.15, 0.2) is 18.2 Å². The van der Waals surface area contributed by atoms with E-state index in [1.807, 2.05) is 4.90 Å². The summed E-state index contributed by atoms with van der Waals surface area (Å²) in [6, 6.07) is 5.07. The Bertz CT molecular complexity index is 611. The van der Waals surface area contributed by atoms with Gasteiger partial charge in [0.2, 0.25) is 5.91 Å². The molecule has 1 aromatic carbocycles. The summed E-state index contributed by atoms with van der Waals surface area (Å²) in [5.41, 5.74) is 2.24. The van der Waals surface area contributed by atoms with Gasteiger partial charge in [0.05, 0.1) is 0 Å². The highest BCUT2D eigenvalue weighted by Crippen LogP contribution is 2.41. The number of amides is 1. The van der Waals surface area contributed by atoms with E-state index in [0.29, 0.717) is 11.3 Å². The molecular weight excluding hydrogens is 301 g/mol. The molecule has 1 fully saturated rings. The molecule has 3 heteroatoms. The molecule has 1 heterocycles. The van der Waals surface area contributed by atoms with E-state index >= 15 is 0 Å². The van der Waals surface area contributed by atoms with E-state index in [-0.39, 0.29) is 23.7 Å². The third-order valence-electron chi connectivity index (χ3n) is 6.11. The van der Waals surface area contributed by atoms with Gasteiger partial charge in [-0.1, -0.05) is 20.8 Å². The highest BCUT2D eigenvalue weighted by molar-refractivity contribution is 5.96. The summed E-state index contributed by atoms with van der Waals surface area (Å²) in [6.45, 7) is 9.02. The molecule has 0 aromatic heterocycles. The van der Waals surface area contributed by atoms with Gasteiger partial charge in [-0.15, -0.1) is 0 Å². The summed E-state index contributed by atoms with van der Waals surface area (Å²) < 4.78 is 13.5. The van der Waals surface area contributed by atoms with E-state index in [4.69, 9.17) is 0 Å². The number of nitrogens with zero attached hydrogens (tertiary/aromatic N) is 1. The van der Waals surface area contributed by atoms with Gasteiger partial charge in [0.15, 0.2) is 0 Å². The number of fused-ring (bicyclic) bond motifs is 1. The average molecular weight is 331 g/mol. The molecule has 2 nitrogen and oxygen atoms in total. The number of aryl methyl sites for hydroxylation is 1. The van der Waals surface area contributed by atoms with Crippen LogP contribution in [0, 0.1) is 23.1 Å². The molecule has 1 aromatic rings. The fraction of sp³-hybridized carbons (Fsp3) is 0.667. The van der Waals surface area contributed by atoms with E-state index in [2.05, 4.69) is 27.7 Å². The van der Waals surface area contributed by atoms with Gasteiger partial charge in [-0.25, -0.2) is 4.39 Å². The lowest BCUT2D eigenvalue weighted by Gasteiger charge is -2.41. The molecule has 0 bridgehead atoms. The summed E-state index contributed by atoms with van der Waals surface area (Å²) in [6.07, 6.45) is 6.02. The Balaban J connectivity index is 1.76. The summed E-state index contributed by atoms with van der Waals surface area (Å²) in [5.74, 6) is 0.882. The van der Waals surface area contributed by atoms with Crippen molar-refractivity contribution < 1.29 is 9.18 Å². The van der Waals surface area contributed by atoms with Crippen molar-refractivity contribution in [1.82, 2.24) is 0 Å². The summed E-state index contributed by atoms with van der Waals surface area (Å²) in [7, 11) is 0. The zero-order chi connectivity index (χ0) is 17.5. The SMILES string of the molecule is C[C@H]1CCc2cc(F)ccc2N1C(=O)C1CCC(C(C)(C)C)CC1. The van der Waals surface area contributed by atoms with Crippen LogP contribution in [0.3, 0.4) is 0 Å². The molecule has 1 amide bonds. The first-order valence-corrected chi connectivity index (χ1v) is 9.39. The lowest BCUT2D eigenvalue weighted by molar-refractivity contribution is -0.124. The Morgan fingerprint density at radius 3 is 2.42 bits per heavy atom. The molecular formula is C21H30FNO. The Hall–Kier alpha value is -1.38. The number of hydrogen-bond acceptors (Lipinski definition) is 1. The Morgan fingerprint density at radius 2 is 1.79 bits per heavy atom. The molecule has 2 aliphatic rings. The summed E-state index contributed by atoms with van der Waals surface area (Å²) in [5, 5.41) is 0. The molecule has 0 spiro atoms. The molecule has 0 N–H and O–H groups in total. The second-order valence-electron chi connectivity index (χ2n) is 8.78. The number of benzene rings is 1. The summed E-state index contributed by atoms with van der Waals surface area (Å²) >= 11 is 0. The Morgan fingerprint density at radius 1 is 1.12 bits per heavy atom. The van der Waals surface area contributed by atoms with Crippen LogP contribution < -0.4 is 4.90 Å². The number of halogens is 1. The maximum Gasteiger partial charge on any atom is 0.230 e. The number of rotatable bonds is 1. The molecule has 1 saturated carbocycles. The van der Waals surface area contributed by atoms with Crippen molar-refractivity contribution in [2.24, 2.45) is 17.3 Å². The quantitative estimate of drug-likeness (QED) is 0.679. The lowest BCUT2D eigenvalue weighted by Crippen LogP contribution is -2.46. The topological polar surface area (TPSA) is 20.3 Å². The van der Waals surface area contributed by atoms with Crippen molar-refractivity contribution in [3.8, 4) is 0 Å². The zero-order valence-electron chi connectivity index (χ0n) is 15.4. The Kier molecular flexibility index (Phi) is 4.72. The molecule has 1 atom stereocenters. The van der Waals surface area contributed by atoms with Gasteiger partial charge < -0.3 is 4.90 Å². The highest BCUT2D eigenvalue weighted by atomic mass is 19.1. The van der Waals surface area contributed by atoms with Crippen molar-refractivity contribution in [3.05, 3.63) is 29.6 Å². The molecule has 3 rings (SSSR count). The minimum absolute atomic E-state index is 0.127. The van der Waals surface area contributed by atoms with Crippen molar-refractivity contribution >= 4 is 11.6 Å². The van der Waals surface area contributed by atoms with Gasteiger partial charge in [-0.3, -0.25) is 4.79 Å². The molecule has 1 aliphatic heterocycles. The highest BCUT2D eigenvalue weighted by Gasteiger charge is 2.37. The smallest absolute Gasteiger partial charge is 0.230 e. The fourth-order valence-corrected chi connectivity index (χ4v) is 4.46. The molecule has 0 radical (unpaired) electrons. The number of carbonyl (C=O) groups excluding carboxylic acids is 1. The predicted molar refractivity (Wildman–Crippen MR) is 96.6 cm³/mol. The molecule has 1 aliphatic carbocycles. The second kappa shape index (κ2) is 6.50. The van der Waals surface area contributed by atoms with Crippen LogP contribution in [0.4, 0.5) is 10.1 Å². The Labute approximate surface area is 145 Å². The average Bonchev–Trinajstić information content (AvgIpc) is 2.54. The van der Waals surface area contributed by atoms with Crippen molar-refractivity contribution in [2.75, 3.05) is 4.90 Å². The van der Waals surface area contributed by atoms with Gasteiger partial charge in [-0.05, 0) is 80.5 Å². The second-order valence-corrected chi connectivity index (χ2v) is 8.78. The standard InChI is InChI=1S/C21H30FNO/c1-14-5-6-16-13-18(22)11-12-19(16)23(14)20(24)15-7-9-17(10-8-15)21(2,3)4/h11-15,17H,5-10H2,1-4H3/t14-,15?,17?/m0/s1. The molecule has 0 unspecified atom stereocenters. The van der Waals surface area contributed by atoms with Gasteiger partial charge in [0.1, 0.15) is 5.82 Å². The minimum atomic E-state index is -0.207. The van der Waals surface area contributed by atoms with Crippen LogP contribution in [0.2, 0.25) is 0 Å². The largest absolute Gasteiger partial charge is 0.309 e. The maximum atomic E-state index is 13.5. The molecule has 24 heavy (non-hydrogen) atoms. The first-order valence-electron chi connectivity index (χ1n) is 9.39. The van der Waals surface area contributed by atoms with E-state index in [9.17, 15) is 9.18 Å². The van der Waals surface area contributed by atoms with Crippen LogP contribution >= 0.6 is 0 Å². The lowest BCUT2D eigenvalue weighted by atomic mass is 9.69. The van der Waals surface area contributed by atoms with Gasteiger partial charge in [-0.2, -0.15) is 0 Å². The predicted octanol–water partition coefficient (Wildman–Crippen LogP) is 5.35. The van der Waals surface area contributed by atoms with Crippen LogP contribution in [0.25, 0.3) is 0 Å². The number of carbonyl (C=O) groups is 1. The monoisotopic (exact) mass is 331 g/mol. The van der Waals surface area contributed by atoms with Crippen LogP contribution in [-0.2, 0) is 11.2 Å². The van der Waals surface area contributed by atoms with E-state index in [0.717, 1.165) is 49.8 Å². The van der Waals surface area contributed by atoms with Crippen molar-refractivity contribution in [1.29, 1.82) is 0 Å². The van der Waals surface area contributed by atoms with Gasteiger partial charge in [0.25, 0.3) is 0 Å². The molecule has 132 valence electrons. The third-order valence-corrected chi connectivity index (χ3v) is 6.11. The third kappa shape index (κ3) is 3.36. The first kappa shape index (κ1) is 17.4. The van der Waals surface area contributed by atoms with Crippen LogP contribution in [-0.4, -0.2) is 11.9 Å². The van der Waals surface area contributed by atoms with Crippen molar-refractivity contribution in [2.45, 2.75) is 72.3 Å².